The molecule has 19 heavy (non-hydrogen) atoms. The van der Waals surface area contributed by atoms with E-state index in [1.54, 1.807) is 18.2 Å². The van der Waals surface area contributed by atoms with E-state index in [0.29, 0.717) is 21.2 Å². The third kappa shape index (κ3) is 3.04. The molecule has 4 heteroatoms. The maximum Gasteiger partial charge on any atom is 0.123 e. The van der Waals surface area contributed by atoms with Crippen molar-refractivity contribution in [3.63, 3.8) is 0 Å². The Labute approximate surface area is 124 Å². The Bertz CT molecular complexity index is 674. The molecule has 0 bridgehead atoms. The van der Waals surface area contributed by atoms with Gasteiger partial charge in [0.2, 0.25) is 0 Å². The fourth-order valence-corrected chi connectivity index (χ4v) is 2.51. The second-order valence-corrected chi connectivity index (χ2v) is 5.02. The monoisotopic (exact) mass is 335 g/mol. The maximum absolute atomic E-state index is 13.3. The highest BCUT2D eigenvalue weighted by molar-refractivity contribution is 9.10. The molecule has 0 fully saturated rings. The van der Waals surface area contributed by atoms with Crippen molar-refractivity contribution in [3.05, 3.63) is 69.9 Å². The van der Waals surface area contributed by atoms with Crippen LogP contribution >= 0.6 is 27.5 Å². The van der Waals surface area contributed by atoms with E-state index in [-0.39, 0.29) is 5.03 Å². The van der Waals surface area contributed by atoms with Crippen LogP contribution in [0.1, 0.15) is 11.1 Å². The minimum Gasteiger partial charge on any atom is -0.207 e. The molecule has 0 aliphatic rings. The highest BCUT2D eigenvalue weighted by Gasteiger charge is 2.12. The zero-order valence-corrected chi connectivity index (χ0v) is 12.0. The Balaban J connectivity index is 2.62. The number of hydrogen-bond donors (Lipinski definition) is 0. The van der Waals surface area contributed by atoms with Gasteiger partial charge in [-0.25, -0.2) is 4.39 Å². The number of rotatable bonds is 2. The summed E-state index contributed by atoms with van der Waals surface area (Å²) in [6.45, 7) is 0. The smallest absolute Gasteiger partial charge is 0.123 e. The molecule has 2 aromatic rings. The van der Waals surface area contributed by atoms with Crippen LogP contribution in [0.25, 0.3) is 10.6 Å². The van der Waals surface area contributed by atoms with Gasteiger partial charge in [-0.1, -0.05) is 57.9 Å². The van der Waals surface area contributed by atoms with Gasteiger partial charge in [0.15, 0.2) is 0 Å². The molecular formula is C15H8BrClFN. The van der Waals surface area contributed by atoms with Gasteiger partial charge in [-0.3, -0.25) is 0 Å². The second-order valence-electron chi connectivity index (χ2n) is 3.79. The van der Waals surface area contributed by atoms with E-state index in [9.17, 15) is 9.65 Å². The third-order valence-corrected chi connectivity index (χ3v) is 3.64. The number of halogens is 3. The van der Waals surface area contributed by atoms with E-state index in [1.807, 2.05) is 18.2 Å². The Morgan fingerprint density at radius 3 is 2.47 bits per heavy atom. The molecule has 0 heterocycles. The van der Waals surface area contributed by atoms with Crippen molar-refractivity contribution in [2.45, 2.75) is 0 Å². The molecule has 0 radical (unpaired) electrons. The van der Waals surface area contributed by atoms with Gasteiger partial charge >= 0.3 is 0 Å². The second kappa shape index (κ2) is 6.01. The molecule has 0 unspecified atom stereocenters. The molecule has 0 N–H and O–H groups in total. The van der Waals surface area contributed by atoms with Crippen LogP contribution in [0.3, 0.4) is 0 Å². The van der Waals surface area contributed by atoms with E-state index < -0.39 is 5.82 Å². The highest BCUT2D eigenvalue weighted by atomic mass is 79.9. The molecular weight excluding hydrogens is 329 g/mol. The molecule has 0 saturated carbocycles. The van der Waals surface area contributed by atoms with Gasteiger partial charge in [0, 0.05) is 10.0 Å². The summed E-state index contributed by atoms with van der Waals surface area (Å²) in [6, 6.07) is 15.3. The molecule has 0 amide bonds. The summed E-state index contributed by atoms with van der Waals surface area (Å²) in [5, 5.41) is 9.49. The van der Waals surface area contributed by atoms with Crippen LogP contribution in [0.2, 0.25) is 0 Å². The standard InChI is InChI=1S/C15H8BrClFN/c16-14-7-6-11(18)8-12(14)15(17)13(9-19)10-4-2-1-3-5-10/h1-8H. The first-order chi connectivity index (χ1) is 9.13. The average molecular weight is 337 g/mol. The van der Waals surface area contributed by atoms with E-state index >= 15 is 0 Å². The molecule has 0 aromatic heterocycles. The predicted octanol–water partition coefficient (Wildman–Crippen LogP) is 5.22. The van der Waals surface area contributed by atoms with Gasteiger partial charge in [-0.15, -0.1) is 0 Å². The van der Waals surface area contributed by atoms with Crippen molar-refractivity contribution in [2.75, 3.05) is 0 Å². The molecule has 1 nitrogen and oxygen atoms in total. The Kier molecular flexibility index (Phi) is 4.36. The predicted molar refractivity (Wildman–Crippen MR) is 78.8 cm³/mol. The molecule has 0 spiro atoms. The fraction of sp³-hybridized carbons (Fsp3) is 0. The lowest BCUT2D eigenvalue weighted by molar-refractivity contribution is 0.627. The quantitative estimate of drug-likeness (QED) is 0.545. The summed E-state index contributed by atoms with van der Waals surface area (Å²) in [4.78, 5) is 0. The van der Waals surface area contributed by atoms with Gasteiger partial charge in [-0.05, 0) is 23.8 Å². The molecule has 2 aromatic carbocycles. The summed E-state index contributed by atoms with van der Waals surface area (Å²) in [7, 11) is 0. The van der Waals surface area contributed by atoms with Crippen molar-refractivity contribution < 1.29 is 4.39 Å². The number of nitriles is 1. The largest absolute Gasteiger partial charge is 0.207 e. The van der Waals surface area contributed by atoms with Crippen LogP contribution in [0.4, 0.5) is 4.39 Å². The van der Waals surface area contributed by atoms with E-state index in [1.165, 1.54) is 12.1 Å². The van der Waals surface area contributed by atoms with Crippen LogP contribution in [0.15, 0.2) is 53.0 Å². The first kappa shape index (κ1) is 13.8. The first-order valence-electron chi connectivity index (χ1n) is 5.44. The summed E-state index contributed by atoms with van der Waals surface area (Å²) in [5.41, 5.74) is 1.47. The zero-order chi connectivity index (χ0) is 13.8. The number of nitrogens with zero attached hydrogens (tertiary/aromatic N) is 1. The number of benzene rings is 2. The molecule has 0 saturated heterocycles. The van der Waals surface area contributed by atoms with Crippen molar-refractivity contribution in [2.24, 2.45) is 0 Å². The van der Waals surface area contributed by atoms with Gasteiger partial charge in [0.1, 0.15) is 11.9 Å². The SMILES string of the molecule is N#CC(=C(Cl)c1cc(F)ccc1Br)c1ccccc1. The van der Waals surface area contributed by atoms with Crippen LogP contribution in [-0.4, -0.2) is 0 Å². The minimum absolute atomic E-state index is 0.222. The Morgan fingerprint density at radius 2 is 1.84 bits per heavy atom. The Morgan fingerprint density at radius 1 is 1.16 bits per heavy atom. The van der Waals surface area contributed by atoms with Crippen LogP contribution in [0.5, 0.6) is 0 Å². The zero-order valence-electron chi connectivity index (χ0n) is 9.70. The van der Waals surface area contributed by atoms with Crippen LogP contribution < -0.4 is 0 Å². The number of hydrogen-bond acceptors (Lipinski definition) is 1. The lowest BCUT2D eigenvalue weighted by Gasteiger charge is -2.07. The average Bonchev–Trinajstić information content (AvgIpc) is 2.43. The molecule has 0 aliphatic carbocycles. The lowest BCUT2D eigenvalue weighted by Crippen LogP contribution is -1.88. The van der Waals surface area contributed by atoms with Gasteiger partial charge in [-0.2, -0.15) is 5.26 Å². The topological polar surface area (TPSA) is 23.8 Å². The van der Waals surface area contributed by atoms with Crippen molar-refractivity contribution >= 4 is 38.1 Å². The summed E-state index contributed by atoms with van der Waals surface area (Å²) in [6.07, 6.45) is 0. The minimum atomic E-state index is -0.401. The molecule has 94 valence electrons. The highest BCUT2D eigenvalue weighted by Crippen LogP contribution is 2.33. The normalized spacial score (nSPS) is 11.7. The third-order valence-electron chi connectivity index (χ3n) is 2.56. The first-order valence-corrected chi connectivity index (χ1v) is 6.61. The molecule has 0 aliphatic heterocycles. The van der Waals surface area contributed by atoms with E-state index in [2.05, 4.69) is 22.0 Å². The Hall–Kier alpha value is -1.63. The van der Waals surface area contributed by atoms with Gasteiger partial charge in [0.25, 0.3) is 0 Å². The molecule has 2 rings (SSSR count). The van der Waals surface area contributed by atoms with Gasteiger partial charge in [0.05, 0.1) is 10.6 Å². The van der Waals surface area contributed by atoms with Crippen LogP contribution in [0, 0.1) is 17.1 Å². The van der Waals surface area contributed by atoms with E-state index in [4.69, 9.17) is 11.6 Å². The van der Waals surface area contributed by atoms with Crippen molar-refractivity contribution in [1.29, 1.82) is 5.26 Å². The molecule has 0 atom stereocenters. The van der Waals surface area contributed by atoms with Crippen LogP contribution in [-0.2, 0) is 0 Å². The van der Waals surface area contributed by atoms with E-state index in [0.717, 1.165) is 0 Å². The summed E-state index contributed by atoms with van der Waals surface area (Å²) in [5.74, 6) is -0.401. The maximum atomic E-state index is 13.3. The summed E-state index contributed by atoms with van der Waals surface area (Å²) >= 11 is 9.55. The van der Waals surface area contributed by atoms with Crippen molar-refractivity contribution in [1.82, 2.24) is 0 Å². The summed E-state index contributed by atoms with van der Waals surface area (Å²) < 4.78 is 13.9. The van der Waals surface area contributed by atoms with Gasteiger partial charge < -0.3 is 0 Å². The lowest BCUT2D eigenvalue weighted by atomic mass is 10.0. The van der Waals surface area contributed by atoms with Crippen molar-refractivity contribution in [3.8, 4) is 6.07 Å². The fourth-order valence-electron chi connectivity index (χ4n) is 1.65. The number of allylic oxidation sites excluding steroid dienone is 1.